The summed E-state index contributed by atoms with van der Waals surface area (Å²) in [5.74, 6) is 0. The van der Waals surface area contributed by atoms with Gasteiger partial charge in [0, 0.05) is 11.5 Å². The third kappa shape index (κ3) is 2.43. The molecule has 2 aliphatic rings. The van der Waals surface area contributed by atoms with Crippen molar-refractivity contribution in [2.24, 2.45) is 5.41 Å². The molecule has 2 atom stereocenters. The van der Waals surface area contributed by atoms with Crippen LogP contribution in [0.1, 0.15) is 52.9 Å². The number of nitrogens with zero attached hydrogens (tertiary/aromatic N) is 1. The van der Waals surface area contributed by atoms with Gasteiger partial charge in [0.25, 0.3) is 0 Å². The van der Waals surface area contributed by atoms with Gasteiger partial charge in [0.2, 0.25) is 0 Å². The molecule has 0 spiro atoms. The molecule has 0 N–H and O–H groups in total. The first-order chi connectivity index (χ1) is 7.43. The van der Waals surface area contributed by atoms with Gasteiger partial charge in [0.1, 0.15) is 0 Å². The quantitative estimate of drug-likeness (QED) is 0.716. The average molecular weight is 225 g/mol. The van der Waals surface area contributed by atoms with Crippen LogP contribution in [0.15, 0.2) is 0 Å². The zero-order chi connectivity index (χ0) is 11.8. The van der Waals surface area contributed by atoms with Gasteiger partial charge in [-0.25, -0.2) is 0 Å². The molecule has 2 fully saturated rings. The molecule has 0 amide bonds. The highest BCUT2D eigenvalue weighted by Gasteiger charge is 2.47. The van der Waals surface area contributed by atoms with Crippen LogP contribution < -0.4 is 0 Å². The summed E-state index contributed by atoms with van der Waals surface area (Å²) in [6.45, 7) is 8.74. The molecule has 0 aromatic rings. The molecule has 1 saturated heterocycles. The predicted molar refractivity (Wildman–Crippen MR) is 67.6 cm³/mol. The van der Waals surface area contributed by atoms with Crippen LogP contribution in [0, 0.1) is 5.41 Å². The smallest absolute Gasteiger partial charge is 0.0598 e. The van der Waals surface area contributed by atoms with Gasteiger partial charge in [0.15, 0.2) is 0 Å². The standard InChI is InChI=1S/C14H27NO/c1-13(2,3)16-11-14-8-5-7-12(14)15(4)10-6-9-14/h12H,5-11H2,1-4H3/t12-,14+/m1/s1. The van der Waals surface area contributed by atoms with Crippen molar-refractivity contribution in [1.29, 1.82) is 0 Å². The van der Waals surface area contributed by atoms with Crippen LogP contribution in [-0.4, -0.2) is 36.7 Å². The van der Waals surface area contributed by atoms with Crippen molar-refractivity contribution in [2.45, 2.75) is 64.5 Å². The number of fused-ring (bicyclic) bond motifs is 1. The number of rotatable bonds is 2. The average Bonchev–Trinajstić information content (AvgIpc) is 2.60. The van der Waals surface area contributed by atoms with Gasteiger partial charge in [0.05, 0.1) is 12.2 Å². The van der Waals surface area contributed by atoms with E-state index in [4.69, 9.17) is 4.74 Å². The lowest BCUT2D eigenvalue weighted by Crippen LogP contribution is -2.50. The number of likely N-dealkylation sites (tertiary alicyclic amines) is 1. The largest absolute Gasteiger partial charge is 0.375 e. The summed E-state index contributed by atoms with van der Waals surface area (Å²) in [6.07, 6.45) is 6.86. The summed E-state index contributed by atoms with van der Waals surface area (Å²) >= 11 is 0. The Bertz CT molecular complexity index is 246. The molecule has 0 bridgehead atoms. The predicted octanol–water partition coefficient (Wildman–Crippen LogP) is 3.07. The summed E-state index contributed by atoms with van der Waals surface area (Å²) in [7, 11) is 2.29. The molecule has 2 heteroatoms. The van der Waals surface area contributed by atoms with Crippen molar-refractivity contribution in [2.75, 3.05) is 20.2 Å². The maximum atomic E-state index is 6.10. The molecule has 1 heterocycles. The third-order valence-corrected chi connectivity index (χ3v) is 4.37. The van der Waals surface area contributed by atoms with Crippen LogP contribution in [0.25, 0.3) is 0 Å². The summed E-state index contributed by atoms with van der Waals surface area (Å²) in [4.78, 5) is 2.57. The first-order valence-electron chi connectivity index (χ1n) is 6.77. The van der Waals surface area contributed by atoms with E-state index in [0.717, 1.165) is 12.6 Å². The minimum atomic E-state index is 0.0118. The minimum Gasteiger partial charge on any atom is -0.375 e. The number of hydrogen-bond donors (Lipinski definition) is 0. The molecule has 16 heavy (non-hydrogen) atoms. The Morgan fingerprint density at radius 1 is 1.25 bits per heavy atom. The van der Waals surface area contributed by atoms with Gasteiger partial charge in [-0.2, -0.15) is 0 Å². The van der Waals surface area contributed by atoms with Gasteiger partial charge in [-0.1, -0.05) is 6.42 Å². The van der Waals surface area contributed by atoms with Crippen molar-refractivity contribution < 1.29 is 4.74 Å². The second-order valence-corrected chi connectivity index (χ2v) is 6.76. The molecule has 94 valence electrons. The Morgan fingerprint density at radius 2 is 1.94 bits per heavy atom. The lowest BCUT2D eigenvalue weighted by molar-refractivity contribution is -0.0846. The van der Waals surface area contributed by atoms with E-state index in [0.29, 0.717) is 5.41 Å². The summed E-state index contributed by atoms with van der Waals surface area (Å²) < 4.78 is 6.10. The normalized spacial score (nSPS) is 36.4. The second-order valence-electron chi connectivity index (χ2n) is 6.76. The van der Waals surface area contributed by atoms with Crippen molar-refractivity contribution in [3.05, 3.63) is 0 Å². The number of piperidine rings is 1. The van der Waals surface area contributed by atoms with Crippen LogP contribution in [0.4, 0.5) is 0 Å². The van der Waals surface area contributed by atoms with Crippen LogP contribution in [0.3, 0.4) is 0 Å². The van der Waals surface area contributed by atoms with Crippen LogP contribution >= 0.6 is 0 Å². The molecular formula is C14H27NO. The molecule has 1 aliphatic heterocycles. The summed E-state index contributed by atoms with van der Waals surface area (Å²) in [6, 6.07) is 0.781. The Morgan fingerprint density at radius 3 is 2.62 bits per heavy atom. The van der Waals surface area contributed by atoms with E-state index in [1.165, 1.54) is 38.6 Å². The SMILES string of the molecule is CN1CCC[C@]2(COC(C)(C)C)CCC[C@@H]12. The fraction of sp³-hybridized carbons (Fsp3) is 1.00. The lowest BCUT2D eigenvalue weighted by atomic mass is 9.75. The number of ether oxygens (including phenoxy) is 1. The second kappa shape index (κ2) is 4.30. The van der Waals surface area contributed by atoms with E-state index >= 15 is 0 Å². The third-order valence-electron chi connectivity index (χ3n) is 4.37. The fourth-order valence-corrected chi connectivity index (χ4v) is 3.54. The molecule has 2 nitrogen and oxygen atoms in total. The molecule has 0 radical (unpaired) electrons. The molecule has 0 aromatic heterocycles. The van der Waals surface area contributed by atoms with Crippen LogP contribution in [0.5, 0.6) is 0 Å². The van der Waals surface area contributed by atoms with Crippen molar-refractivity contribution in [3.8, 4) is 0 Å². The first-order valence-corrected chi connectivity index (χ1v) is 6.77. The topological polar surface area (TPSA) is 12.5 Å². The fourth-order valence-electron chi connectivity index (χ4n) is 3.54. The first kappa shape index (κ1) is 12.4. The van der Waals surface area contributed by atoms with Gasteiger partial charge < -0.3 is 9.64 Å². The van der Waals surface area contributed by atoms with Gasteiger partial charge in [-0.05, 0) is 60.0 Å². The van der Waals surface area contributed by atoms with Crippen molar-refractivity contribution in [1.82, 2.24) is 4.90 Å². The summed E-state index contributed by atoms with van der Waals surface area (Å²) in [5.41, 5.74) is 0.484. The molecule has 1 aliphatic carbocycles. The van der Waals surface area contributed by atoms with E-state index < -0.39 is 0 Å². The van der Waals surface area contributed by atoms with E-state index in [1.807, 2.05) is 0 Å². The highest BCUT2D eigenvalue weighted by molar-refractivity contribution is 5.00. The highest BCUT2D eigenvalue weighted by Crippen LogP contribution is 2.47. The van der Waals surface area contributed by atoms with E-state index in [-0.39, 0.29) is 5.60 Å². The summed E-state index contributed by atoms with van der Waals surface area (Å²) in [5, 5.41) is 0. The van der Waals surface area contributed by atoms with Gasteiger partial charge >= 0.3 is 0 Å². The lowest BCUT2D eigenvalue weighted by Gasteiger charge is -2.46. The number of hydrogen-bond acceptors (Lipinski definition) is 2. The zero-order valence-corrected chi connectivity index (χ0v) is 11.4. The van der Waals surface area contributed by atoms with Crippen LogP contribution in [-0.2, 0) is 4.74 Å². The Hall–Kier alpha value is -0.0800. The molecular weight excluding hydrogens is 198 g/mol. The zero-order valence-electron chi connectivity index (χ0n) is 11.4. The van der Waals surface area contributed by atoms with Gasteiger partial charge in [-0.3, -0.25) is 0 Å². The van der Waals surface area contributed by atoms with E-state index in [2.05, 4.69) is 32.7 Å². The highest BCUT2D eigenvalue weighted by atomic mass is 16.5. The molecule has 1 saturated carbocycles. The minimum absolute atomic E-state index is 0.0118. The molecule has 0 aromatic carbocycles. The molecule has 2 rings (SSSR count). The maximum Gasteiger partial charge on any atom is 0.0598 e. The van der Waals surface area contributed by atoms with Crippen LogP contribution in [0.2, 0.25) is 0 Å². The Kier molecular flexibility index (Phi) is 3.33. The van der Waals surface area contributed by atoms with E-state index in [9.17, 15) is 0 Å². The monoisotopic (exact) mass is 225 g/mol. The maximum absolute atomic E-state index is 6.10. The van der Waals surface area contributed by atoms with Gasteiger partial charge in [-0.15, -0.1) is 0 Å². The van der Waals surface area contributed by atoms with Crippen molar-refractivity contribution >= 4 is 0 Å². The Labute approximate surface area is 100 Å². The molecule has 0 unspecified atom stereocenters. The Balaban J connectivity index is 2.03. The van der Waals surface area contributed by atoms with E-state index in [1.54, 1.807) is 0 Å². The van der Waals surface area contributed by atoms with Crippen molar-refractivity contribution in [3.63, 3.8) is 0 Å².